The van der Waals surface area contributed by atoms with Gasteiger partial charge in [-0.05, 0) is 48.5 Å². The molecule has 3 aromatic rings. The molecule has 178 valence electrons. The highest BCUT2D eigenvalue weighted by molar-refractivity contribution is 7.89. The van der Waals surface area contributed by atoms with Gasteiger partial charge in [-0.2, -0.15) is 17.9 Å². The van der Waals surface area contributed by atoms with Gasteiger partial charge in [0.25, 0.3) is 10.0 Å². The molecule has 0 bridgehead atoms. The Hall–Kier alpha value is -3.72. The molecule has 0 spiro atoms. The van der Waals surface area contributed by atoms with Crippen LogP contribution in [0.2, 0.25) is 0 Å². The molecule has 9 heteroatoms. The van der Waals surface area contributed by atoms with Crippen molar-refractivity contribution < 1.29 is 27.4 Å². The molecule has 0 radical (unpaired) electrons. The van der Waals surface area contributed by atoms with Gasteiger partial charge in [0.1, 0.15) is 11.5 Å². The van der Waals surface area contributed by atoms with Gasteiger partial charge in [0, 0.05) is 17.5 Å². The van der Waals surface area contributed by atoms with Crippen molar-refractivity contribution in [3.05, 3.63) is 77.9 Å². The molecule has 0 amide bonds. The summed E-state index contributed by atoms with van der Waals surface area (Å²) < 4.78 is 50.2. The topological polar surface area (TPSA) is 86.7 Å². The van der Waals surface area contributed by atoms with E-state index < -0.39 is 16.1 Å². The standard InChI is InChI=1S/C25H26N2O6S/c1-30-18-11-13-23(31-2)20(15-18)22-16-21(17-10-12-24(32-3)25(14-17)33-4)26-27(22)34(28,29)19-8-6-5-7-9-19/h5-15,22H,16H2,1-4H3. The average molecular weight is 483 g/mol. The summed E-state index contributed by atoms with van der Waals surface area (Å²) in [5.74, 6) is 2.24. The van der Waals surface area contributed by atoms with E-state index in [-0.39, 0.29) is 4.90 Å². The molecule has 8 nitrogen and oxygen atoms in total. The van der Waals surface area contributed by atoms with Crippen molar-refractivity contribution in [3.8, 4) is 23.0 Å². The van der Waals surface area contributed by atoms with E-state index in [2.05, 4.69) is 5.10 Å². The molecule has 3 aromatic carbocycles. The van der Waals surface area contributed by atoms with Crippen LogP contribution < -0.4 is 18.9 Å². The summed E-state index contributed by atoms with van der Waals surface area (Å²) in [7, 11) is 2.26. The summed E-state index contributed by atoms with van der Waals surface area (Å²) >= 11 is 0. The molecular formula is C25H26N2O6S. The van der Waals surface area contributed by atoms with Crippen LogP contribution in [0.3, 0.4) is 0 Å². The largest absolute Gasteiger partial charge is 0.497 e. The zero-order chi connectivity index (χ0) is 24.3. The number of hydrogen-bond acceptors (Lipinski definition) is 7. The van der Waals surface area contributed by atoms with Crippen molar-refractivity contribution in [3.63, 3.8) is 0 Å². The number of sulfonamides is 1. The van der Waals surface area contributed by atoms with Gasteiger partial charge in [-0.1, -0.05) is 18.2 Å². The van der Waals surface area contributed by atoms with Gasteiger partial charge in [0.15, 0.2) is 11.5 Å². The van der Waals surface area contributed by atoms with Crippen molar-refractivity contribution in [1.82, 2.24) is 4.41 Å². The minimum Gasteiger partial charge on any atom is -0.497 e. The van der Waals surface area contributed by atoms with E-state index in [0.717, 1.165) is 9.98 Å². The van der Waals surface area contributed by atoms with Gasteiger partial charge in [0.05, 0.1) is 45.1 Å². The summed E-state index contributed by atoms with van der Waals surface area (Å²) in [6.45, 7) is 0. The van der Waals surface area contributed by atoms with Gasteiger partial charge in [-0.15, -0.1) is 0 Å². The lowest BCUT2D eigenvalue weighted by Gasteiger charge is -2.25. The minimum absolute atomic E-state index is 0.152. The van der Waals surface area contributed by atoms with E-state index in [4.69, 9.17) is 18.9 Å². The first-order valence-corrected chi connectivity index (χ1v) is 12.0. The SMILES string of the molecule is COc1ccc(OC)c(C2CC(c3ccc(OC)c(OC)c3)=NN2S(=O)(=O)c2ccccc2)c1. The fraction of sp³-hybridized carbons (Fsp3) is 0.240. The Labute approximate surface area is 199 Å². The van der Waals surface area contributed by atoms with Crippen LogP contribution in [0.1, 0.15) is 23.6 Å². The number of rotatable bonds is 8. The van der Waals surface area contributed by atoms with Gasteiger partial charge in [0.2, 0.25) is 0 Å². The predicted molar refractivity (Wildman–Crippen MR) is 128 cm³/mol. The number of benzene rings is 3. The molecule has 0 saturated heterocycles. The molecule has 0 aliphatic carbocycles. The lowest BCUT2D eigenvalue weighted by atomic mass is 9.98. The maximum Gasteiger partial charge on any atom is 0.279 e. The van der Waals surface area contributed by atoms with Crippen LogP contribution in [0.25, 0.3) is 0 Å². The second kappa shape index (κ2) is 9.64. The lowest BCUT2D eigenvalue weighted by molar-refractivity contribution is 0.346. The molecule has 0 aromatic heterocycles. The van der Waals surface area contributed by atoms with E-state index in [0.29, 0.717) is 40.7 Å². The first kappa shape index (κ1) is 23.4. The number of ether oxygens (including phenoxy) is 4. The highest BCUT2D eigenvalue weighted by Crippen LogP contribution is 2.42. The van der Waals surface area contributed by atoms with Crippen LogP contribution in [-0.4, -0.2) is 47.0 Å². The molecule has 4 rings (SSSR count). The Morgan fingerprint density at radius 2 is 1.47 bits per heavy atom. The number of hydrazone groups is 1. The molecule has 0 fully saturated rings. The fourth-order valence-electron chi connectivity index (χ4n) is 3.93. The van der Waals surface area contributed by atoms with E-state index in [9.17, 15) is 8.42 Å². The number of nitrogens with zero attached hydrogens (tertiary/aromatic N) is 2. The Balaban J connectivity index is 1.86. The summed E-state index contributed by atoms with van der Waals surface area (Å²) in [6.07, 6.45) is 0.324. The van der Waals surface area contributed by atoms with Crippen molar-refractivity contribution >= 4 is 15.7 Å². The van der Waals surface area contributed by atoms with Crippen LogP contribution in [0, 0.1) is 0 Å². The van der Waals surface area contributed by atoms with Gasteiger partial charge in [-0.3, -0.25) is 0 Å². The summed E-state index contributed by atoms with van der Waals surface area (Å²) in [5.41, 5.74) is 1.98. The number of hydrogen-bond donors (Lipinski definition) is 0. The third-order valence-corrected chi connectivity index (χ3v) is 7.37. The van der Waals surface area contributed by atoms with Crippen LogP contribution in [0.15, 0.2) is 76.7 Å². The molecule has 0 N–H and O–H groups in total. The van der Waals surface area contributed by atoms with Crippen LogP contribution in [-0.2, 0) is 10.0 Å². The van der Waals surface area contributed by atoms with Crippen LogP contribution in [0.5, 0.6) is 23.0 Å². The molecular weight excluding hydrogens is 456 g/mol. The second-order valence-corrected chi connectivity index (χ2v) is 9.33. The zero-order valence-corrected chi connectivity index (χ0v) is 20.2. The van der Waals surface area contributed by atoms with Crippen molar-refractivity contribution in [2.24, 2.45) is 5.10 Å². The van der Waals surface area contributed by atoms with Crippen LogP contribution >= 0.6 is 0 Å². The zero-order valence-electron chi connectivity index (χ0n) is 19.4. The highest BCUT2D eigenvalue weighted by Gasteiger charge is 2.39. The second-order valence-electron chi connectivity index (χ2n) is 7.53. The molecule has 1 aliphatic heterocycles. The lowest BCUT2D eigenvalue weighted by Crippen LogP contribution is -2.27. The molecule has 1 aliphatic rings. The molecule has 34 heavy (non-hydrogen) atoms. The summed E-state index contributed by atoms with van der Waals surface area (Å²) in [4.78, 5) is 0.152. The Kier molecular flexibility index (Phi) is 6.65. The van der Waals surface area contributed by atoms with E-state index >= 15 is 0 Å². The maximum atomic E-state index is 13.7. The summed E-state index contributed by atoms with van der Waals surface area (Å²) in [5, 5.41) is 4.60. The van der Waals surface area contributed by atoms with Gasteiger partial charge in [-0.25, -0.2) is 0 Å². The molecule has 1 unspecified atom stereocenters. The molecule has 1 atom stereocenters. The Morgan fingerprint density at radius 1 is 0.794 bits per heavy atom. The molecule has 1 heterocycles. The number of methoxy groups -OCH3 is 4. The van der Waals surface area contributed by atoms with E-state index in [1.807, 2.05) is 6.07 Å². The normalized spacial score (nSPS) is 15.6. The Morgan fingerprint density at radius 3 is 2.12 bits per heavy atom. The highest BCUT2D eigenvalue weighted by atomic mass is 32.2. The molecule has 0 saturated carbocycles. The monoisotopic (exact) mass is 482 g/mol. The van der Waals surface area contributed by atoms with Crippen LogP contribution in [0.4, 0.5) is 0 Å². The van der Waals surface area contributed by atoms with E-state index in [1.54, 1.807) is 89.1 Å². The first-order chi connectivity index (χ1) is 16.4. The third-order valence-electron chi connectivity index (χ3n) is 5.67. The Bertz CT molecular complexity index is 1310. The van der Waals surface area contributed by atoms with Crippen molar-refractivity contribution in [2.75, 3.05) is 28.4 Å². The van der Waals surface area contributed by atoms with Gasteiger partial charge >= 0.3 is 0 Å². The van der Waals surface area contributed by atoms with Crippen molar-refractivity contribution in [2.45, 2.75) is 17.4 Å². The first-order valence-electron chi connectivity index (χ1n) is 10.5. The smallest absolute Gasteiger partial charge is 0.279 e. The maximum absolute atomic E-state index is 13.7. The third kappa shape index (κ3) is 4.26. The fourth-order valence-corrected chi connectivity index (χ4v) is 5.38. The summed E-state index contributed by atoms with van der Waals surface area (Å²) in [6, 6.07) is 18.3. The minimum atomic E-state index is -3.96. The predicted octanol–water partition coefficient (Wildman–Crippen LogP) is 4.26. The average Bonchev–Trinajstić information content (AvgIpc) is 3.34. The van der Waals surface area contributed by atoms with E-state index in [1.165, 1.54) is 0 Å². The quantitative estimate of drug-likeness (QED) is 0.477. The van der Waals surface area contributed by atoms with Gasteiger partial charge < -0.3 is 18.9 Å². The van der Waals surface area contributed by atoms with Crippen molar-refractivity contribution in [1.29, 1.82) is 0 Å².